The van der Waals surface area contributed by atoms with Gasteiger partial charge in [-0.25, -0.2) is 17.9 Å². The zero-order chi connectivity index (χ0) is 23.0. The Morgan fingerprint density at radius 3 is 2.56 bits per heavy atom. The maximum atomic E-state index is 12.8. The van der Waals surface area contributed by atoms with E-state index in [0.717, 1.165) is 34.3 Å². The quantitative estimate of drug-likeness (QED) is 0.413. The van der Waals surface area contributed by atoms with Crippen LogP contribution in [0.5, 0.6) is 0 Å². The van der Waals surface area contributed by atoms with Crippen LogP contribution in [0.4, 0.5) is 5.69 Å². The van der Waals surface area contributed by atoms with E-state index in [1.54, 1.807) is 0 Å². The minimum atomic E-state index is -3.86. The van der Waals surface area contributed by atoms with E-state index in [1.165, 1.54) is 12.1 Å². The molecule has 3 aromatic rings. The second-order valence-electron chi connectivity index (χ2n) is 7.89. The van der Waals surface area contributed by atoms with Gasteiger partial charge in [0.05, 0.1) is 9.82 Å². The van der Waals surface area contributed by atoms with Crippen LogP contribution in [0.3, 0.4) is 0 Å². The molecule has 2 aromatic carbocycles. The topological polar surface area (TPSA) is 132 Å². The Kier molecular flexibility index (Phi) is 5.74. The molecule has 2 atom stereocenters. The molecule has 0 saturated carbocycles. The normalized spacial score (nSPS) is 17.1. The van der Waals surface area contributed by atoms with Crippen LogP contribution in [-0.4, -0.2) is 35.0 Å². The number of nitrogens with one attached hydrogen (secondary N) is 1. The highest BCUT2D eigenvalue weighted by Crippen LogP contribution is 2.36. The number of non-ortho nitro benzene ring substituents is 1. The van der Waals surface area contributed by atoms with Crippen molar-refractivity contribution >= 4 is 32.6 Å². The highest BCUT2D eigenvalue weighted by molar-refractivity contribution is 7.89. The van der Waals surface area contributed by atoms with Crippen LogP contribution in [-0.2, 0) is 27.7 Å². The number of nitrogens with zero attached hydrogens (tertiary/aromatic N) is 2. The van der Waals surface area contributed by atoms with E-state index in [2.05, 4.69) is 4.72 Å². The van der Waals surface area contributed by atoms with Crippen LogP contribution in [0, 0.1) is 10.1 Å². The van der Waals surface area contributed by atoms with Crippen molar-refractivity contribution in [1.29, 1.82) is 0 Å². The number of hydrogen-bond donors (Lipinski definition) is 2. The summed E-state index contributed by atoms with van der Waals surface area (Å²) in [6.45, 7) is 1.84. The number of carboxylic acids is 1. The number of hydrogen-bond acceptors (Lipinski definition) is 5. The molecule has 4 rings (SSSR count). The summed E-state index contributed by atoms with van der Waals surface area (Å²) in [5, 5.41) is 21.5. The Bertz CT molecular complexity index is 1300. The summed E-state index contributed by atoms with van der Waals surface area (Å²) in [6.07, 6.45) is 1.94. The number of fused-ring (bicyclic) bond motifs is 3. The lowest BCUT2D eigenvalue weighted by Gasteiger charge is -2.26. The first kappa shape index (κ1) is 22.0. The first-order chi connectivity index (χ1) is 15.2. The molecule has 10 heteroatoms. The maximum absolute atomic E-state index is 12.8. The van der Waals surface area contributed by atoms with Gasteiger partial charge in [0.25, 0.3) is 5.69 Å². The highest BCUT2D eigenvalue weighted by Gasteiger charge is 2.32. The summed E-state index contributed by atoms with van der Waals surface area (Å²) >= 11 is 0. The van der Waals surface area contributed by atoms with Crippen molar-refractivity contribution < 1.29 is 23.2 Å². The zero-order valence-electron chi connectivity index (χ0n) is 17.4. The van der Waals surface area contributed by atoms with Crippen molar-refractivity contribution in [2.75, 3.05) is 0 Å². The lowest BCUT2D eigenvalue weighted by Crippen LogP contribution is -2.39. The van der Waals surface area contributed by atoms with Gasteiger partial charge in [-0.1, -0.05) is 25.1 Å². The number of carbonyl (C=O) groups is 1. The SMILES string of the molecule is CCC(C(=O)O)n1c2c(c3ccccc31)CC(NS(=O)(=O)c1ccc([N+](=O)[O-])cc1)CC2. The second-order valence-corrected chi connectivity index (χ2v) is 9.60. The van der Waals surface area contributed by atoms with Crippen molar-refractivity contribution in [3.05, 3.63) is 69.9 Å². The van der Waals surface area contributed by atoms with Crippen molar-refractivity contribution in [2.24, 2.45) is 0 Å². The highest BCUT2D eigenvalue weighted by atomic mass is 32.2. The van der Waals surface area contributed by atoms with Gasteiger partial charge in [0.2, 0.25) is 10.0 Å². The molecular formula is C22H23N3O6S. The Morgan fingerprint density at radius 1 is 1.25 bits per heavy atom. The molecule has 1 heterocycles. The van der Waals surface area contributed by atoms with Gasteiger partial charge in [-0.05, 0) is 49.4 Å². The molecule has 0 fully saturated rings. The van der Waals surface area contributed by atoms with Gasteiger partial charge in [-0.3, -0.25) is 10.1 Å². The number of rotatable bonds is 7. The molecule has 0 aliphatic heterocycles. The fraction of sp³-hybridized carbons (Fsp3) is 0.318. The molecule has 9 nitrogen and oxygen atoms in total. The maximum Gasteiger partial charge on any atom is 0.326 e. The standard InChI is InChI=1S/C22H23N3O6S/c1-2-19(22(26)27)24-20-6-4-3-5-17(20)18-13-14(7-12-21(18)24)23-32(30,31)16-10-8-15(9-11-16)25(28)29/h3-6,8-11,14,19,23H,2,7,12-13H2,1H3,(H,26,27). The third-order valence-corrected chi connectivity index (χ3v) is 7.51. The third kappa shape index (κ3) is 3.87. The lowest BCUT2D eigenvalue weighted by molar-refractivity contribution is -0.384. The van der Waals surface area contributed by atoms with Crippen molar-refractivity contribution in [3.63, 3.8) is 0 Å². The van der Waals surface area contributed by atoms with Gasteiger partial charge in [0.1, 0.15) is 6.04 Å². The zero-order valence-corrected chi connectivity index (χ0v) is 18.2. The minimum absolute atomic E-state index is 0.0340. The van der Waals surface area contributed by atoms with E-state index >= 15 is 0 Å². The van der Waals surface area contributed by atoms with E-state index in [4.69, 9.17) is 0 Å². The minimum Gasteiger partial charge on any atom is -0.480 e. The molecule has 32 heavy (non-hydrogen) atoms. The van der Waals surface area contributed by atoms with Crippen molar-refractivity contribution in [1.82, 2.24) is 9.29 Å². The number of para-hydroxylation sites is 1. The number of aliphatic carboxylic acids is 1. The molecule has 2 unspecified atom stereocenters. The van der Waals surface area contributed by atoms with Crippen molar-refractivity contribution in [3.8, 4) is 0 Å². The van der Waals surface area contributed by atoms with Crippen LogP contribution in [0.1, 0.15) is 37.1 Å². The molecule has 1 aromatic heterocycles. The summed E-state index contributed by atoms with van der Waals surface area (Å²) in [5.74, 6) is -0.892. The average molecular weight is 458 g/mol. The summed E-state index contributed by atoms with van der Waals surface area (Å²) in [5.41, 5.74) is 2.56. The van der Waals surface area contributed by atoms with Gasteiger partial charge in [-0.2, -0.15) is 0 Å². The fourth-order valence-electron chi connectivity index (χ4n) is 4.50. The van der Waals surface area contributed by atoms with Crippen LogP contribution < -0.4 is 4.72 Å². The molecule has 0 spiro atoms. The Morgan fingerprint density at radius 2 is 1.94 bits per heavy atom. The summed E-state index contributed by atoms with van der Waals surface area (Å²) in [4.78, 5) is 22.1. The third-order valence-electron chi connectivity index (χ3n) is 5.97. The van der Waals surface area contributed by atoms with Gasteiger partial charge in [0, 0.05) is 34.8 Å². The molecule has 0 radical (unpaired) electrons. The van der Waals surface area contributed by atoms with Crippen LogP contribution >= 0.6 is 0 Å². The molecule has 0 saturated heterocycles. The summed E-state index contributed by atoms with van der Waals surface area (Å²) in [6, 6.07) is 11.3. The monoisotopic (exact) mass is 457 g/mol. The van der Waals surface area contributed by atoms with E-state index in [1.807, 2.05) is 35.8 Å². The second kappa shape index (κ2) is 8.36. The fourth-order valence-corrected chi connectivity index (χ4v) is 5.77. The van der Waals surface area contributed by atoms with Crippen LogP contribution in [0.25, 0.3) is 10.9 Å². The average Bonchev–Trinajstić information content (AvgIpc) is 3.08. The summed E-state index contributed by atoms with van der Waals surface area (Å²) < 4.78 is 30.3. The summed E-state index contributed by atoms with van der Waals surface area (Å²) in [7, 11) is -3.86. The van der Waals surface area contributed by atoms with Crippen molar-refractivity contribution in [2.45, 2.75) is 49.6 Å². The molecule has 2 N–H and O–H groups in total. The Labute approximate surface area is 184 Å². The molecular weight excluding hydrogens is 434 g/mol. The van der Waals surface area contributed by atoms with Gasteiger partial charge >= 0.3 is 5.97 Å². The van der Waals surface area contributed by atoms with E-state index in [-0.39, 0.29) is 16.6 Å². The predicted octanol–water partition coefficient (Wildman–Crippen LogP) is 3.42. The lowest BCUT2D eigenvalue weighted by atomic mass is 9.92. The largest absolute Gasteiger partial charge is 0.480 e. The smallest absolute Gasteiger partial charge is 0.326 e. The van der Waals surface area contributed by atoms with E-state index < -0.39 is 27.0 Å². The van der Waals surface area contributed by atoms with Gasteiger partial charge in [0.15, 0.2) is 0 Å². The predicted molar refractivity (Wildman–Crippen MR) is 118 cm³/mol. The Hall–Kier alpha value is -3.24. The number of nitro benzene ring substituents is 1. The molecule has 168 valence electrons. The molecule has 0 bridgehead atoms. The first-order valence-corrected chi connectivity index (χ1v) is 11.8. The first-order valence-electron chi connectivity index (χ1n) is 10.3. The number of nitro groups is 1. The number of carboxylic acid groups (broad SMARTS) is 1. The molecule has 1 aliphatic rings. The van der Waals surface area contributed by atoms with Gasteiger partial charge < -0.3 is 9.67 Å². The van der Waals surface area contributed by atoms with Crippen LogP contribution in [0.2, 0.25) is 0 Å². The van der Waals surface area contributed by atoms with Crippen LogP contribution in [0.15, 0.2) is 53.4 Å². The number of benzene rings is 2. The molecule has 1 aliphatic carbocycles. The van der Waals surface area contributed by atoms with Gasteiger partial charge in [-0.15, -0.1) is 0 Å². The number of aromatic nitrogens is 1. The van der Waals surface area contributed by atoms with E-state index in [0.29, 0.717) is 25.7 Å². The van der Waals surface area contributed by atoms with E-state index in [9.17, 15) is 28.4 Å². The molecule has 0 amide bonds. The Balaban J connectivity index is 1.65. The number of sulfonamides is 1.